The van der Waals surface area contributed by atoms with E-state index in [1.807, 2.05) is 19.1 Å². The second-order valence-corrected chi connectivity index (χ2v) is 7.46. The molecule has 0 fully saturated rings. The third-order valence-corrected chi connectivity index (χ3v) is 4.79. The molecule has 164 valence electrons. The quantitative estimate of drug-likeness (QED) is 0.439. The number of aliphatic hydroxyl groups excluding tert-OH is 1. The van der Waals surface area contributed by atoms with Crippen LogP contribution in [-0.2, 0) is 13.1 Å². The molecule has 0 amide bonds. The molecule has 0 aliphatic carbocycles. The van der Waals surface area contributed by atoms with Crippen molar-refractivity contribution in [3.8, 4) is 11.5 Å². The zero-order valence-electron chi connectivity index (χ0n) is 18.0. The molecule has 0 saturated carbocycles. The van der Waals surface area contributed by atoms with Crippen LogP contribution in [0.3, 0.4) is 0 Å². The molecule has 3 aromatic rings. The van der Waals surface area contributed by atoms with E-state index >= 15 is 0 Å². The Morgan fingerprint density at radius 1 is 1.06 bits per heavy atom. The Labute approximate surface area is 183 Å². The standard InChI is InChI=1S/C25H29NO5/c1-3-29-25-13-21(17-27)10-11-24(25)31-18-22(28)15-26(16-23-5-4-12-30-23)14-20-8-6-19(2)7-9-20/h4-13,17,22,28H,3,14-16,18H2,1-2H3. The van der Waals surface area contributed by atoms with Crippen molar-refractivity contribution in [1.29, 1.82) is 0 Å². The first-order valence-corrected chi connectivity index (χ1v) is 10.4. The first-order chi connectivity index (χ1) is 15.1. The third kappa shape index (κ3) is 6.98. The van der Waals surface area contributed by atoms with Crippen LogP contribution in [0, 0.1) is 6.92 Å². The lowest BCUT2D eigenvalue weighted by atomic mass is 10.1. The van der Waals surface area contributed by atoms with Crippen LogP contribution in [0.5, 0.6) is 11.5 Å². The van der Waals surface area contributed by atoms with Gasteiger partial charge in [0.2, 0.25) is 0 Å². The SMILES string of the molecule is CCOc1cc(C=O)ccc1OCC(O)CN(Cc1ccc(C)cc1)Cc1ccco1. The minimum absolute atomic E-state index is 0.100. The van der Waals surface area contributed by atoms with Gasteiger partial charge in [-0.1, -0.05) is 29.8 Å². The molecule has 1 N–H and O–H groups in total. The number of aryl methyl sites for hydroxylation is 1. The Balaban J connectivity index is 1.63. The van der Waals surface area contributed by atoms with Crippen LogP contribution in [-0.4, -0.2) is 42.2 Å². The van der Waals surface area contributed by atoms with Crippen molar-refractivity contribution in [1.82, 2.24) is 4.90 Å². The summed E-state index contributed by atoms with van der Waals surface area (Å²) in [4.78, 5) is 13.1. The second kappa shape index (κ2) is 11.3. The van der Waals surface area contributed by atoms with E-state index in [-0.39, 0.29) is 6.61 Å². The van der Waals surface area contributed by atoms with Gasteiger partial charge in [-0.25, -0.2) is 0 Å². The predicted octanol–water partition coefficient (Wildman–Crippen LogP) is 4.24. The summed E-state index contributed by atoms with van der Waals surface area (Å²) in [6, 6.07) is 17.1. The molecule has 0 aliphatic rings. The maximum Gasteiger partial charge on any atom is 0.161 e. The van der Waals surface area contributed by atoms with Crippen molar-refractivity contribution in [3.05, 3.63) is 83.3 Å². The molecule has 3 rings (SSSR count). The number of aldehydes is 1. The fourth-order valence-electron chi connectivity index (χ4n) is 3.28. The van der Waals surface area contributed by atoms with Crippen LogP contribution in [0.2, 0.25) is 0 Å². The Bertz CT molecular complexity index is 937. The van der Waals surface area contributed by atoms with Crippen molar-refractivity contribution in [3.63, 3.8) is 0 Å². The smallest absolute Gasteiger partial charge is 0.161 e. The minimum Gasteiger partial charge on any atom is -0.490 e. The molecule has 0 saturated heterocycles. The van der Waals surface area contributed by atoms with Crippen LogP contribution in [0.25, 0.3) is 0 Å². The van der Waals surface area contributed by atoms with Gasteiger partial charge in [0, 0.05) is 18.7 Å². The third-order valence-electron chi connectivity index (χ3n) is 4.79. The van der Waals surface area contributed by atoms with Crippen LogP contribution in [0.1, 0.15) is 34.2 Å². The maximum absolute atomic E-state index is 11.0. The molecule has 0 spiro atoms. The number of rotatable bonds is 12. The van der Waals surface area contributed by atoms with Crippen molar-refractivity contribution in [2.75, 3.05) is 19.8 Å². The van der Waals surface area contributed by atoms with Crippen molar-refractivity contribution < 1.29 is 23.8 Å². The summed E-state index contributed by atoms with van der Waals surface area (Å²) in [7, 11) is 0. The lowest BCUT2D eigenvalue weighted by Crippen LogP contribution is -2.35. The first kappa shape index (κ1) is 22.6. The number of carbonyl (C=O) groups is 1. The molecular weight excluding hydrogens is 394 g/mol. The Morgan fingerprint density at radius 2 is 1.87 bits per heavy atom. The minimum atomic E-state index is -0.722. The second-order valence-electron chi connectivity index (χ2n) is 7.46. The highest BCUT2D eigenvalue weighted by Gasteiger charge is 2.16. The van der Waals surface area contributed by atoms with Crippen molar-refractivity contribution >= 4 is 6.29 Å². The molecule has 1 aromatic heterocycles. The van der Waals surface area contributed by atoms with Crippen LogP contribution < -0.4 is 9.47 Å². The maximum atomic E-state index is 11.0. The first-order valence-electron chi connectivity index (χ1n) is 10.4. The normalized spacial score (nSPS) is 12.0. The van der Waals surface area contributed by atoms with E-state index in [9.17, 15) is 9.90 Å². The fraction of sp³-hybridized carbons (Fsp3) is 0.320. The van der Waals surface area contributed by atoms with Crippen molar-refractivity contribution in [2.24, 2.45) is 0 Å². The van der Waals surface area contributed by atoms with Gasteiger partial charge in [0.1, 0.15) is 24.8 Å². The molecule has 0 bridgehead atoms. The van der Waals surface area contributed by atoms with E-state index in [2.05, 4.69) is 36.1 Å². The highest BCUT2D eigenvalue weighted by atomic mass is 16.5. The highest BCUT2D eigenvalue weighted by molar-refractivity contribution is 5.76. The summed E-state index contributed by atoms with van der Waals surface area (Å²) in [6.45, 7) is 6.14. The van der Waals surface area contributed by atoms with Crippen LogP contribution >= 0.6 is 0 Å². The van der Waals surface area contributed by atoms with Gasteiger partial charge in [0.15, 0.2) is 11.5 Å². The number of hydrogen-bond acceptors (Lipinski definition) is 6. The van der Waals surface area contributed by atoms with Gasteiger partial charge in [-0.05, 0) is 49.7 Å². The zero-order chi connectivity index (χ0) is 22.1. The molecule has 6 nitrogen and oxygen atoms in total. The van der Waals surface area contributed by atoms with Gasteiger partial charge in [0.05, 0.1) is 19.4 Å². The van der Waals surface area contributed by atoms with E-state index in [1.54, 1.807) is 24.5 Å². The molecule has 0 radical (unpaired) electrons. The summed E-state index contributed by atoms with van der Waals surface area (Å²) in [5, 5.41) is 10.7. The molecule has 1 unspecified atom stereocenters. The molecule has 6 heteroatoms. The van der Waals surface area contributed by atoms with Gasteiger partial charge >= 0.3 is 0 Å². The van der Waals surface area contributed by atoms with E-state index in [0.29, 0.717) is 43.3 Å². The van der Waals surface area contributed by atoms with Gasteiger partial charge in [-0.3, -0.25) is 9.69 Å². The lowest BCUT2D eigenvalue weighted by molar-refractivity contribution is 0.0593. The number of carbonyl (C=O) groups excluding carboxylic acids is 1. The van der Waals surface area contributed by atoms with E-state index in [4.69, 9.17) is 13.9 Å². The summed E-state index contributed by atoms with van der Waals surface area (Å²) in [5.41, 5.74) is 2.88. The van der Waals surface area contributed by atoms with E-state index in [1.165, 1.54) is 5.56 Å². The van der Waals surface area contributed by atoms with Gasteiger partial charge in [-0.2, -0.15) is 0 Å². The fourth-order valence-corrected chi connectivity index (χ4v) is 3.28. The Kier molecular flexibility index (Phi) is 8.27. The number of furan rings is 1. The topological polar surface area (TPSA) is 72.1 Å². The lowest BCUT2D eigenvalue weighted by Gasteiger charge is -2.25. The molecule has 31 heavy (non-hydrogen) atoms. The molecular formula is C25H29NO5. The van der Waals surface area contributed by atoms with Gasteiger partial charge < -0.3 is 19.0 Å². The number of nitrogens with zero attached hydrogens (tertiary/aromatic N) is 1. The predicted molar refractivity (Wildman–Crippen MR) is 119 cm³/mol. The molecule has 1 heterocycles. The molecule has 0 aliphatic heterocycles. The summed E-state index contributed by atoms with van der Waals surface area (Å²) in [5.74, 6) is 1.83. The number of hydrogen-bond donors (Lipinski definition) is 1. The van der Waals surface area contributed by atoms with Crippen molar-refractivity contribution in [2.45, 2.75) is 33.0 Å². The largest absolute Gasteiger partial charge is 0.490 e. The number of benzene rings is 2. The summed E-state index contributed by atoms with van der Waals surface area (Å²) >= 11 is 0. The number of ether oxygens (including phenoxy) is 2. The molecule has 1 atom stereocenters. The van der Waals surface area contributed by atoms with Gasteiger partial charge in [0.25, 0.3) is 0 Å². The average Bonchev–Trinajstić information content (AvgIpc) is 3.27. The average molecular weight is 424 g/mol. The monoisotopic (exact) mass is 423 g/mol. The van der Waals surface area contributed by atoms with Crippen LogP contribution in [0.15, 0.2) is 65.3 Å². The zero-order valence-corrected chi connectivity index (χ0v) is 18.0. The molecule has 2 aromatic carbocycles. The summed E-state index contributed by atoms with van der Waals surface area (Å²) in [6.07, 6.45) is 1.69. The Hall–Kier alpha value is -3.09. The van der Waals surface area contributed by atoms with Gasteiger partial charge in [-0.15, -0.1) is 0 Å². The highest BCUT2D eigenvalue weighted by Crippen LogP contribution is 2.28. The summed E-state index contributed by atoms with van der Waals surface area (Å²) < 4.78 is 16.9. The van der Waals surface area contributed by atoms with Crippen LogP contribution in [0.4, 0.5) is 0 Å². The van der Waals surface area contributed by atoms with E-state index in [0.717, 1.165) is 17.6 Å². The Morgan fingerprint density at radius 3 is 2.55 bits per heavy atom. The van der Waals surface area contributed by atoms with E-state index < -0.39 is 6.10 Å². The number of aliphatic hydroxyl groups is 1.